The van der Waals surface area contributed by atoms with E-state index in [1.54, 1.807) is 0 Å². The summed E-state index contributed by atoms with van der Waals surface area (Å²) in [7, 11) is 0. The lowest BCUT2D eigenvalue weighted by atomic mass is 9.97. The van der Waals surface area contributed by atoms with Gasteiger partial charge in [-0.05, 0) is 5.92 Å². The third-order valence-corrected chi connectivity index (χ3v) is 2.84. The summed E-state index contributed by atoms with van der Waals surface area (Å²) in [4.78, 5) is 11.1. The fourth-order valence-electron chi connectivity index (χ4n) is 1.90. The molecule has 1 saturated heterocycles. The van der Waals surface area contributed by atoms with Gasteiger partial charge in [0.05, 0.1) is 13.2 Å². The van der Waals surface area contributed by atoms with Crippen molar-refractivity contribution in [2.24, 2.45) is 5.92 Å². The number of hydrogen-bond acceptors (Lipinski definition) is 6. The Labute approximate surface area is 112 Å². The summed E-state index contributed by atoms with van der Waals surface area (Å²) in [6, 6.07) is -0.867. The Bertz CT molecular complexity index is 298. The summed E-state index contributed by atoms with van der Waals surface area (Å²) < 4.78 is 10.9. The van der Waals surface area contributed by atoms with Gasteiger partial charge in [0.25, 0.3) is 0 Å². The molecule has 112 valence electrons. The second kappa shape index (κ2) is 7.16. The van der Waals surface area contributed by atoms with Crippen LogP contribution >= 0.6 is 0 Å². The van der Waals surface area contributed by atoms with E-state index in [2.05, 4.69) is 5.32 Å². The van der Waals surface area contributed by atoms with Crippen molar-refractivity contribution in [2.75, 3.05) is 13.2 Å². The van der Waals surface area contributed by atoms with Crippen LogP contribution in [0, 0.1) is 5.92 Å². The van der Waals surface area contributed by atoms with Crippen LogP contribution in [0.15, 0.2) is 0 Å². The Balaban J connectivity index is 2.77. The van der Waals surface area contributed by atoms with Crippen LogP contribution in [0.5, 0.6) is 0 Å². The van der Waals surface area contributed by atoms with Crippen molar-refractivity contribution >= 4 is 5.91 Å². The molecule has 0 radical (unpaired) electrons. The molecule has 5 atom stereocenters. The smallest absolute Gasteiger partial charge is 0.217 e. The molecule has 1 amide bonds. The van der Waals surface area contributed by atoms with Crippen molar-refractivity contribution in [3.05, 3.63) is 0 Å². The predicted octanol–water partition coefficient (Wildman–Crippen LogP) is -1.40. The molecule has 7 nitrogen and oxygen atoms in total. The van der Waals surface area contributed by atoms with Crippen LogP contribution in [0.3, 0.4) is 0 Å². The molecule has 0 aromatic carbocycles. The molecular weight excluding hydrogens is 254 g/mol. The van der Waals surface area contributed by atoms with Crippen molar-refractivity contribution in [1.29, 1.82) is 0 Å². The normalized spacial score (nSPS) is 35.4. The minimum atomic E-state index is -1.28. The maximum atomic E-state index is 11.1. The molecule has 0 saturated carbocycles. The van der Waals surface area contributed by atoms with E-state index >= 15 is 0 Å². The molecule has 19 heavy (non-hydrogen) atoms. The van der Waals surface area contributed by atoms with E-state index in [4.69, 9.17) is 14.6 Å². The minimum absolute atomic E-state index is 0.248. The summed E-state index contributed by atoms with van der Waals surface area (Å²) in [5.74, 6) is -0.112. The van der Waals surface area contributed by atoms with Crippen LogP contribution in [-0.2, 0) is 14.3 Å². The molecule has 0 unspecified atom stereocenters. The lowest BCUT2D eigenvalue weighted by molar-refractivity contribution is -0.272. The number of amides is 1. The molecule has 0 bridgehead atoms. The van der Waals surface area contributed by atoms with Crippen molar-refractivity contribution in [2.45, 2.75) is 51.4 Å². The monoisotopic (exact) mass is 277 g/mol. The van der Waals surface area contributed by atoms with Crippen LogP contribution in [0.1, 0.15) is 20.8 Å². The van der Waals surface area contributed by atoms with E-state index in [-0.39, 0.29) is 11.8 Å². The maximum Gasteiger partial charge on any atom is 0.217 e. The van der Waals surface area contributed by atoms with Gasteiger partial charge in [-0.15, -0.1) is 0 Å². The van der Waals surface area contributed by atoms with Crippen molar-refractivity contribution in [1.82, 2.24) is 5.32 Å². The average Bonchev–Trinajstić information content (AvgIpc) is 2.33. The Morgan fingerprint density at radius 2 is 2.00 bits per heavy atom. The standard InChI is InChI=1S/C12H23NO6/c1-6(2)5-18-12-9(13-7(3)15)11(17)10(16)8(4-14)19-12/h6,8-12,14,16-17H,4-5H2,1-3H3,(H,13,15)/t8-,9-,10-,11-,12-/m1/s1. The predicted molar refractivity (Wildman–Crippen MR) is 66.2 cm³/mol. The Morgan fingerprint density at radius 3 is 2.47 bits per heavy atom. The Morgan fingerprint density at radius 1 is 1.37 bits per heavy atom. The molecule has 1 rings (SSSR count). The number of nitrogens with one attached hydrogen (secondary N) is 1. The second-order valence-electron chi connectivity index (χ2n) is 5.16. The highest BCUT2D eigenvalue weighted by Gasteiger charge is 2.45. The van der Waals surface area contributed by atoms with Crippen LogP contribution < -0.4 is 5.32 Å². The molecule has 0 aliphatic carbocycles. The quantitative estimate of drug-likeness (QED) is 0.492. The van der Waals surface area contributed by atoms with Gasteiger partial charge in [0.2, 0.25) is 5.91 Å². The summed E-state index contributed by atoms with van der Waals surface area (Å²) in [5, 5.41) is 31.4. The summed E-state index contributed by atoms with van der Waals surface area (Å²) in [5.41, 5.74) is 0. The molecule has 1 aliphatic rings. The first-order chi connectivity index (χ1) is 8.86. The number of aliphatic hydroxyl groups is 3. The van der Waals surface area contributed by atoms with Crippen LogP contribution in [0.25, 0.3) is 0 Å². The highest BCUT2D eigenvalue weighted by molar-refractivity contribution is 5.73. The maximum absolute atomic E-state index is 11.1. The number of ether oxygens (including phenoxy) is 2. The zero-order chi connectivity index (χ0) is 14.6. The zero-order valence-corrected chi connectivity index (χ0v) is 11.4. The van der Waals surface area contributed by atoms with E-state index in [1.165, 1.54) is 6.92 Å². The first kappa shape index (κ1) is 16.3. The zero-order valence-electron chi connectivity index (χ0n) is 11.4. The van der Waals surface area contributed by atoms with Crippen LogP contribution in [0.4, 0.5) is 0 Å². The summed E-state index contributed by atoms with van der Waals surface area (Å²) in [6.07, 6.45) is -4.37. The van der Waals surface area contributed by atoms with Crippen LogP contribution in [0.2, 0.25) is 0 Å². The number of aliphatic hydroxyl groups excluding tert-OH is 3. The van der Waals surface area contributed by atoms with Gasteiger partial charge in [-0.2, -0.15) is 0 Å². The first-order valence-corrected chi connectivity index (χ1v) is 6.38. The molecule has 0 aromatic heterocycles. The second-order valence-corrected chi connectivity index (χ2v) is 5.16. The van der Waals surface area contributed by atoms with Crippen LogP contribution in [-0.4, -0.2) is 65.1 Å². The number of hydrogen-bond donors (Lipinski definition) is 4. The Kier molecular flexibility index (Phi) is 6.15. The molecular formula is C12H23NO6. The van der Waals surface area contributed by atoms with E-state index in [1.807, 2.05) is 13.8 Å². The van der Waals surface area contributed by atoms with Gasteiger partial charge in [0.15, 0.2) is 6.29 Å². The van der Waals surface area contributed by atoms with Crippen molar-refractivity contribution in [3.63, 3.8) is 0 Å². The molecule has 1 aliphatic heterocycles. The fraction of sp³-hybridized carbons (Fsp3) is 0.917. The number of carbonyl (C=O) groups is 1. The molecule has 0 spiro atoms. The van der Waals surface area contributed by atoms with Gasteiger partial charge < -0.3 is 30.1 Å². The minimum Gasteiger partial charge on any atom is -0.394 e. The van der Waals surface area contributed by atoms with Gasteiger partial charge in [-0.3, -0.25) is 4.79 Å². The van der Waals surface area contributed by atoms with Gasteiger partial charge in [0.1, 0.15) is 24.4 Å². The van der Waals surface area contributed by atoms with Gasteiger partial charge in [-0.25, -0.2) is 0 Å². The van der Waals surface area contributed by atoms with Gasteiger partial charge in [-0.1, -0.05) is 13.8 Å². The van der Waals surface area contributed by atoms with E-state index in [0.717, 1.165) is 0 Å². The fourth-order valence-corrected chi connectivity index (χ4v) is 1.90. The lowest BCUT2D eigenvalue weighted by Crippen LogP contribution is -2.64. The lowest BCUT2D eigenvalue weighted by Gasteiger charge is -2.42. The number of rotatable bonds is 5. The van der Waals surface area contributed by atoms with Crippen molar-refractivity contribution in [3.8, 4) is 0 Å². The topological polar surface area (TPSA) is 108 Å². The molecule has 7 heteroatoms. The van der Waals surface area contributed by atoms with Gasteiger partial charge in [0, 0.05) is 6.92 Å². The van der Waals surface area contributed by atoms with E-state index in [0.29, 0.717) is 6.61 Å². The first-order valence-electron chi connectivity index (χ1n) is 6.38. The largest absolute Gasteiger partial charge is 0.394 e. The Hall–Kier alpha value is -0.730. The highest BCUT2D eigenvalue weighted by Crippen LogP contribution is 2.22. The summed E-state index contributed by atoms with van der Waals surface area (Å²) >= 11 is 0. The molecule has 4 N–H and O–H groups in total. The molecule has 1 heterocycles. The molecule has 0 aromatic rings. The SMILES string of the molecule is CC(=O)N[C@H]1[C@H](OCC(C)C)O[C@H](CO)[C@@H](O)[C@@H]1O. The number of carbonyl (C=O) groups excluding carboxylic acids is 1. The molecule has 1 fully saturated rings. The third kappa shape index (κ3) is 4.39. The third-order valence-electron chi connectivity index (χ3n) is 2.84. The average molecular weight is 277 g/mol. The van der Waals surface area contributed by atoms with Gasteiger partial charge >= 0.3 is 0 Å². The highest BCUT2D eigenvalue weighted by atomic mass is 16.7. The van der Waals surface area contributed by atoms with Crippen molar-refractivity contribution < 1.29 is 29.6 Å². The van der Waals surface area contributed by atoms with E-state index < -0.39 is 37.3 Å². The summed E-state index contributed by atoms with van der Waals surface area (Å²) in [6.45, 7) is 5.14. The van der Waals surface area contributed by atoms with E-state index in [9.17, 15) is 15.0 Å².